The molecule has 30 heavy (non-hydrogen) atoms. The molecule has 5 rings (SSSR count). The number of carbonyl (C=O) groups excluding carboxylic acids is 1. The summed E-state index contributed by atoms with van der Waals surface area (Å²) in [5, 5.41) is 3.78. The number of hydrogen-bond acceptors (Lipinski definition) is 4. The van der Waals surface area contributed by atoms with Gasteiger partial charge in [-0.1, -0.05) is 54.6 Å². The summed E-state index contributed by atoms with van der Waals surface area (Å²) in [7, 11) is 0. The average molecular weight is 399 g/mol. The second kappa shape index (κ2) is 8.42. The van der Waals surface area contributed by atoms with Crippen LogP contribution in [0.2, 0.25) is 0 Å². The summed E-state index contributed by atoms with van der Waals surface area (Å²) in [6, 6.07) is 27.0. The molecule has 3 aromatic carbocycles. The van der Waals surface area contributed by atoms with Crippen molar-refractivity contribution >= 4 is 6.29 Å². The Labute approximate surface area is 177 Å². The average Bonchev–Trinajstić information content (AvgIpc) is 3.17. The second-order valence-corrected chi connectivity index (χ2v) is 8.26. The molecule has 0 bridgehead atoms. The van der Waals surface area contributed by atoms with E-state index in [9.17, 15) is 4.79 Å². The number of ether oxygens (including phenoxy) is 1. The number of hydrogen-bond donors (Lipinski definition) is 1. The highest BCUT2D eigenvalue weighted by atomic mass is 16.5. The molecule has 152 valence electrons. The number of para-hydroxylation sites is 1. The zero-order valence-corrected chi connectivity index (χ0v) is 16.9. The predicted octanol–water partition coefficient (Wildman–Crippen LogP) is 4.16. The Hall–Kier alpha value is -2.95. The van der Waals surface area contributed by atoms with Gasteiger partial charge >= 0.3 is 0 Å². The molecule has 1 N–H and O–H groups in total. The van der Waals surface area contributed by atoms with Crippen LogP contribution in [0.1, 0.15) is 22.7 Å². The third-order valence-electron chi connectivity index (χ3n) is 6.16. The first kappa shape index (κ1) is 19.0. The lowest BCUT2D eigenvalue weighted by molar-refractivity contribution is -0.114. The highest BCUT2D eigenvalue weighted by molar-refractivity contribution is 5.62. The van der Waals surface area contributed by atoms with E-state index in [1.165, 1.54) is 11.1 Å². The fraction of sp³-hybridized carbons (Fsp3) is 0.269. The first-order valence-electron chi connectivity index (χ1n) is 10.6. The van der Waals surface area contributed by atoms with E-state index >= 15 is 0 Å². The molecule has 4 nitrogen and oxygen atoms in total. The Balaban J connectivity index is 1.15. The van der Waals surface area contributed by atoms with Gasteiger partial charge in [0, 0.05) is 25.2 Å². The first-order valence-corrected chi connectivity index (χ1v) is 10.6. The van der Waals surface area contributed by atoms with E-state index in [2.05, 4.69) is 34.5 Å². The van der Waals surface area contributed by atoms with E-state index in [0.29, 0.717) is 12.1 Å². The van der Waals surface area contributed by atoms with Gasteiger partial charge in [0.1, 0.15) is 17.8 Å². The van der Waals surface area contributed by atoms with Gasteiger partial charge < -0.3 is 14.8 Å². The van der Waals surface area contributed by atoms with E-state index in [1.807, 2.05) is 54.6 Å². The third kappa shape index (κ3) is 4.02. The summed E-state index contributed by atoms with van der Waals surface area (Å²) >= 11 is 0. The SMILES string of the molecule is O=CC(c1ccc(Oc2ccccc2)cc1)N1CC(NC2Cc3ccccc3C2)C1. The molecular formula is C26H26N2O2. The van der Waals surface area contributed by atoms with Gasteiger partial charge in [0.15, 0.2) is 0 Å². The van der Waals surface area contributed by atoms with Crippen LogP contribution in [0.3, 0.4) is 0 Å². The topological polar surface area (TPSA) is 41.6 Å². The number of fused-ring (bicyclic) bond motifs is 1. The summed E-state index contributed by atoms with van der Waals surface area (Å²) in [6.07, 6.45) is 3.26. The molecule has 1 fully saturated rings. The predicted molar refractivity (Wildman–Crippen MR) is 118 cm³/mol. The van der Waals surface area contributed by atoms with Crippen LogP contribution in [0.25, 0.3) is 0 Å². The van der Waals surface area contributed by atoms with Crippen LogP contribution in [0, 0.1) is 0 Å². The fourth-order valence-corrected chi connectivity index (χ4v) is 4.59. The van der Waals surface area contributed by atoms with Crippen molar-refractivity contribution in [1.82, 2.24) is 10.2 Å². The number of benzene rings is 3. The van der Waals surface area contributed by atoms with Crippen molar-refractivity contribution in [3.8, 4) is 11.5 Å². The van der Waals surface area contributed by atoms with Gasteiger partial charge in [-0.15, -0.1) is 0 Å². The van der Waals surface area contributed by atoms with Gasteiger partial charge in [-0.2, -0.15) is 0 Å². The Bertz CT molecular complexity index is 972. The van der Waals surface area contributed by atoms with Crippen molar-refractivity contribution in [2.75, 3.05) is 13.1 Å². The minimum atomic E-state index is -0.199. The summed E-state index contributed by atoms with van der Waals surface area (Å²) in [5.74, 6) is 1.58. The quantitative estimate of drug-likeness (QED) is 0.607. The minimum absolute atomic E-state index is 0.199. The summed E-state index contributed by atoms with van der Waals surface area (Å²) in [5.41, 5.74) is 3.95. The number of rotatable bonds is 7. The molecule has 0 amide bonds. The van der Waals surface area contributed by atoms with Crippen molar-refractivity contribution in [2.45, 2.75) is 31.0 Å². The van der Waals surface area contributed by atoms with Crippen molar-refractivity contribution in [2.24, 2.45) is 0 Å². The second-order valence-electron chi connectivity index (χ2n) is 8.26. The molecule has 1 aliphatic carbocycles. The Kier molecular flexibility index (Phi) is 5.35. The highest BCUT2D eigenvalue weighted by Gasteiger charge is 2.35. The Morgan fingerprint density at radius 2 is 1.40 bits per heavy atom. The highest BCUT2D eigenvalue weighted by Crippen LogP contribution is 2.29. The molecule has 0 aromatic heterocycles. The number of nitrogens with zero attached hydrogens (tertiary/aromatic N) is 1. The first-order chi connectivity index (χ1) is 14.8. The molecule has 2 aliphatic rings. The van der Waals surface area contributed by atoms with Crippen molar-refractivity contribution in [3.05, 3.63) is 95.6 Å². The van der Waals surface area contributed by atoms with Gasteiger partial charge in [-0.05, 0) is 53.8 Å². The summed E-state index contributed by atoms with van der Waals surface area (Å²) < 4.78 is 5.85. The van der Waals surface area contributed by atoms with Crippen LogP contribution in [-0.4, -0.2) is 36.4 Å². The molecule has 0 radical (unpaired) electrons. The zero-order valence-electron chi connectivity index (χ0n) is 16.9. The van der Waals surface area contributed by atoms with Crippen LogP contribution in [0.15, 0.2) is 78.9 Å². The standard InChI is InChI=1S/C26H26N2O2/c29-18-26(19-10-12-25(13-11-19)30-24-8-2-1-3-9-24)28-16-23(17-28)27-22-14-20-6-4-5-7-21(20)15-22/h1-13,18,22-23,26-27H,14-17H2. The molecule has 1 aliphatic heterocycles. The van der Waals surface area contributed by atoms with Crippen LogP contribution >= 0.6 is 0 Å². The zero-order chi connectivity index (χ0) is 20.3. The van der Waals surface area contributed by atoms with Crippen molar-refractivity contribution in [1.29, 1.82) is 0 Å². The molecule has 1 saturated heterocycles. The lowest BCUT2D eigenvalue weighted by atomic mass is 9.99. The molecule has 3 aromatic rings. The number of carbonyl (C=O) groups is 1. The van der Waals surface area contributed by atoms with E-state index in [4.69, 9.17) is 4.74 Å². The lowest BCUT2D eigenvalue weighted by Gasteiger charge is -2.44. The molecule has 4 heteroatoms. The Morgan fingerprint density at radius 3 is 2.03 bits per heavy atom. The number of nitrogens with one attached hydrogen (secondary N) is 1. The van der Waals surface area contributed by atoms with E-state index in [-0.39, 0.29) is 6.04 Å². The number of aldehydes is 1. The largest absolute Gasteiger partial charge is 0.457 e. The van der Waals surface area contributed by atoms with Crippen molar-refractivity contribution in [3.63, 3.8) is 0 Å². The van der Waals surface area contributed by atoms with Gasteiger partial charge in [0.2, 0.25) is 0 Å². The third-order valence-corrected chi connectivity index (χ3v) is 6.16. The molecule has 1 unspecified atom stereocenters. The van der Waals surface area contributed by atoms with E-state index < -0.39 is 0 Å². The lowest BCUT2D eigenvalue weighted by Crippen LogP contribution is -2.61. The van der Waals surface area contributed by atoms with Crippen LogP contribution in [-0.2, 0) is 17.6 Å². The van der Waals surface area contributed by atoms with Crippen molar-refractivity contribution < 1.29 is 9.53 Å². The van der Waals surface area contributed by atoms with E-state index in [0.717, 1.165) is 49.3 Å². The van der Waals surface area contributed by atoms with Crippen LogP contribution < -0.4 is 10.1 Å². The number of likely N-dealkylation sites (tertiary alicyclic amines) is 1. The maximum atomic E-state index is 11.8. The molecule has 1 atom stereocenters. The Morgan fingerprint density at radius 1 is 0.800 bits per heavy atom. The summed E-state index contributed by atoms with van der Waals surface area (Å²) in [6.45, 7) is 1.80. The minimum Gasteiger partial charge on any atom is -0.457 e. The monoisotopic (exact) mass is 398 g/mol. The maximum Gasteiger partial charge on any atom is 0.141 e. The molecule has 1 heterocycles. The van der Waals surface area contributed by atoms with Gasteiger partial charge in [-0.25, -0.2) is 0 Å². The van der Waals surface area contributed by atoms with Crippen LogP contribution in [0.5, 0.6) is 11.5 Å². The smallest absolute Gasteiger partial charge is 0.141 e. The van der Waals surface area contributed by atoms with Crippen LogP contribution in [0.4, 0.5) is 0 Å². The molecular weight excluding hydrogens is 372 g/mol. The normalized spacial score (nSPS) is 17.9. The van der Waals surface area contributed by atoms with Gasteiger partial charge in [-0.3, -0.25) is 4.90 Å². The molecule has 0 saturated carbocycles. The fourth-order valence-electron chi connectivity index (χ4n) is 4.59. The summed E-state index contributed by atoms with van der Waals surface area (Å²) in [4.78, 5) is 14.1. The molecule has 0 spiro atoms. The van der Waals surface area contributed by atoms with Gasteiger partial charge in [0.05, 0.1) is 6.04 Å². The van der Waals surface area contributed by atoms with Gasteiger partial charge in [0.25, 0.3) is 0 Å². The maximum absolute atomic E-state index is 11.8. The van der Waals surface area contributed by atoms with E-state index in [1.54, 1.807) is 0 Å².